The Bertz CT molecular complexity index is 1070. The van der Waals surface area contributed by atoms with Gasteiger partial charge in [0.15, 0.2) is 29.6 Å². The van der Waals surface area contributed by atoms with Gasteiger partial charge in [0, 0.05) is 5.02 Å². The van der Waals surface area contributed by atoms with Gasteiger partial charge < -0.3 is 18.9 Å². The molecule has 0 atom stereocenters. The van der Waals surface area contributed by atoms with Crippen molar-refractivity contribution in [2.75, 3.05) is 20.8 Å². The van der Waals surface area contributed by atoms with Crippen LogP contribution >= 0.6 is 11.6 Å². The number of hydrogen-bond donors (Lipinski definition) is 1. The van der Waals surface area contributed by atoms with Gasteiger partial charge in [0.25, 0.3) is 5.91 Å². The monoisotopic (exact) mass is 454 g/mol. The minimum absolute atomic E-state index is 0.196. The fourth-order valence-corrected chi connectivity index (χ4v) is 2.84. The number of para-hydroxylation sites is 2. The molecule has 7 nitrogen and oxygen atoms in total. The molecular formula is C24H23ClN2O5. The number of ether oxygens (including phenoxy) is 4. The van der Waals surface area contributed by atoms with Gasteiger partial charge in [-0.1, -0.05) is 35.9 Å². The van der Waals surface area contributed by atoms with Gasteiger partial charge in [-0.3, -0.25) is 4.79 Å². The summed E-state index contributed by atoms with van der Waals surface area (Å²) in [6, 6.07) is 19.9. The van der Waals surface area contributed by atoms with Gasteiger partial charge in [-0.05, 0) is 53.6 Å². The van der Waals surface area contributed by atoms with Crippen LogP contribution in [0.3, 0.4) is 0 Å². The summed E-state index contributed by atoms with van der Waals surface area (Å²) in [5.41, 5.74) is 4.14. The van der Waals surface area contributed by atoms with E-state index in [1.165, 1.54) is 13.3 Å². The lowest BCUT2D eigenvalue weighted by Crippen LogP contribution is -2.24. The minimum atomic E-state index is -0.401. The molecule has 0 spiro atoms. The lowest BCUT2D eigenvalue weighted by atomic mass is 10.2. The zero-order chi connectivity index (χ0) is 22.8. The van der Waals surface area contributed by atoms with Crippen LogP contribution in [-0.4, -0.2) is 32.9 Å². The van der Waals surface area contributed by atoms with E-state index >= 15 is 0 Å². The molecule has 32 heavy (non-hydrogen) atoms. The third-order valence-corrected chi connectivity index (χ3v) is 4.58. The molecule has 8 heteroatoms. The summed E-state index contributed by atoms with van der Waals surface area (Å²) < 4.78 is 21.9. The number of halogens is 1. The van der Waals surface area contributed by atoms with E-state index in [2.05, 4.69) is 10.5 Å². The molecule has 0 aliphatic rings. The highest BCUT2D eigenvalue weighted by Gasteiger charge is 2.07. The van der Waals surface area contributed by atoms with E-state index in [0.717, 1.165) is 11.1 Å². The van der Waals surface area contributed by atoms with Gasteiger partial charge in [-0.25, -0.2) is 5.43 Å². The molecule has 0 unspecified atom stereocenters. The lowest BCUT2D eigenvalue weighted by Gasteiger charge is -2.11. The first-order valence-corrected chi connectivity index (χ1v) is 10.1. The van der Waals surface area contributed by atoms with Crippen molar-refractivity contribution in [3.8, 4) is 23.0 Å². The number of hydrazone groups is 1. The number of methoxy groups -OCH3 is 2. The van der Waals surface area contributed by atoms with Crippen molar-refractivity contribution in [2.45, 2.75) is 6.61 Å². The molecule has 0 radical (unpaired) electrons. The Morgan fingerprint density at radius 1 is 0.906 bits per heavy atom. The van der Waals surface area contributed by atoms with Crippen molar-refractivity contribution in [1.29, 1.82) is 0 Å². The number of nitrogens with zero attached hydrogens (tertiary/aromatic N) is 1. The Hall–Kier alpha value is -3.71. The zero-order valence-corrected chi connectivity index (χ0v) is 18.5. The molecule has 3 aromatic rings. The van der Waals surface area contributed by atoms with E-state index in [0.29, 0.717) is 34.6 Å². The third kappa shape index (κ3) is 6.65. The van der Waals surface area contributed by atoms with Crippen molar-refractivity contribution in [3.05, 3.63) is 82.9 Å². The van der Waals surface area contributed by atoms with Crippen LogP contribution in [0, 0.1) is 0 Å². The number of benzene rings is 3. The average molecular weight is 455 g/mol. The predicted molar refractivity (Wildman–Crippen MR) is 123 cm³/mol. The van der Waals surface area contributed by atoms with E-state index in [9.17, 15) is 4.79 Å². The van der Waals surface area contributed by atoms with Gasteiger partial charge >= 0.3 is 0 Å². The molecule has 3 aromatic carbocycles. The van der Waals surface area contributed by atoms with Gasteiger partial charge in [0.1, 0.15) is 6.61 Å². The van der Waals surface area contributed by atoms with Crippen LogP contribution in [0.5, 0.6) is 23.0 Å². The Kier molecular flexibility index (Phi) is 8.34. The maximum absolute atomic E-state index is 12.0. The smallest absolute Gasteiger partial charge is 0.277 e. The Morgan fingerprint density at radius 2 is 1.59 bits per heavy atom. The first-order valence-electron chi connectivity index (χ1n) is 9.72. The number of rotatable bonds is 10. The highest BCUT2D eigenvalue weighted by Crippen LogP contribution is 2.28. The number of nitrogens with one attached hydrogen (secondary N) is 1. The Balaban J connectivity index is 1.52. The topological polar surface area (TPSA) is 78.4 Å². The molecule has 0 aliphatic heterocycles. The van der Waals surface area contributed by atoms with E-state index in [4.69, 9.17) is 30.5 Å². The number of amides is 1. The van der Waals surface area contributed by atoms with Crippen molar-refractivity contribution in [2.24, 2.45) is 5.10 Å². The highest BCUT2D eigenvalue weighted by atomic mass is 35.5. The molecule has 3 rings (SSSR count). The quantitative estimate of drug-likeness (QED) is 0.361. The van der Waals surface area contributed by atoms with Gasteiger partial charge in [0.2, 0.25) is 0 Å². The summed E-state index contributed by atoms with van der Waals surface area (Å²) in [6.07, 6.45) is 1.51. The second kappa shape index (κ2) is 11.6. The molecule has 1 N–H and O–H groups in total. The Labute approximate surface area is 191 Å². The molecule has 1 amide bonds. The number of carbonyl (C=O) groups excluding carboxylic acids is 1. The fraction of sp³-hybridized carbons (Fsp3) is 0.167. The molecule has 0 heterocycles. The summed E-state index contributed by atoms with van der Waals surface area (Å²) in [5.74, 6) is 1.77. The summed E-state index contributed by atoms with van der Waals surface area (Å²) in [5, 5.41) is 4.63. The lowest BCUT2D eigenvalue weighted by molar-refractivity contribution is -0.123. The first kappa shape index (κ1) is 23.0. The maximum atomic E-state index is 12.0. The van der Waals surface area contributed by atoms with Gasteiger partial charge in [-0.2, -0.15) is 5.10 Å². The summed E-state index contributed by atoms with van der Waals surface area (Å²) in [7, 11) is 3.09. The first-order chi connectivity index (χ1) is 15.6. The molecule has 0 aromatic heterocycles. The molecule has 0 saturated heterocycles. The van der Waals surface area contributed by atoms with Crippen LogP contribution in [0.15, 0.2) is 71.8 Å². The SMILES string of the molecule is COc1ccccc1OCC(=O)N/N=C/c1ccc(OCc2ccc(Cl)cc2)c(OC)c1. The molecule has 0 fully saturated rings. The molecule has 166 valence electrons. The summed E-state index contributed by atoms with van der Waals surface area (Å²) in [6.45, 7) is 0.182. The molecule has 0 saturated carbocycles. The van der Waals surface area contributed by atoms with Crippen LogP contribution in [-0.2, 0) is 11.4 Å². The molecular weight excluding hydrogens is 432 g/mol. The van der Waals surface area contributed by atoms with E-state index in [1.807, 2.05) is 30.3 Å². The molecule has 0 aliphatic carbocycles. The normalized spacial score (nSPS) is 10.6. The summed E-state index contributed by atoms with van der Waals surface area (Å²) in [4.78, 5) is 12.0. The fourth-order valence-electron chi connectivity index (χ4n) is 2.72. The van der Waals surface area contributed by atoms with Gasteiger partial charge in [0.05, 0.1) is 20.4 Å². The van der Waals surface area contributed by atoms with Crippen molar-refractivity contribution in [3.63, 3.8) is 0 Å². The van der Waals surface area contributed by atoms with Gasteiger partial charge in [-0.15, -0.1) is 0 Å². The van der Waals surface area contributed by atoms with Crippen LogP contribution in [0.25, 0.3) is 0 Å². The van der Waals surface area contributed by atoms with Crippen LogP contribution in [0.2, 0.25) is 5.02 Å². The second-order valence-corrected chi connectivity index (χ2v) is 6.99. The van der Waals surface area contributed by atoms with Crippen molar-refractivity contribution in [1.82, 2.24) is 5.43 Å². The van der Waals surface area contributed by atoms with Crippen LogP contribution < -0.4 is 24.4 Å². The predicted octanol–water partition coefficient (Wildman–Crippen LogP) is 4.47. The van der Waals surface area contributed by atoms with Crippen LogP contribution in [0.1, 0.15) is 11.1 Å². The van der Waals surface area contributed by atoms with E-state index in [-0.39, 0.29) is 6.61 Å². The van der Waals surface area contributed by atoms with E-state index in [1.54, 1.807) is 43.5 Å². The minimum Gasteiger partial charge on any atom is -0.493 e. The molecule has 0 bridgehead atoms. The largest absolute Gasteiger partial charge is 0.493 e. The zero-order valence-electron chi connectivity index (χ0n) is 17.7. The maximum Gasteiger partial charge on any atom is 0.277 e. The van der Waals surface area contributed by atoms with E-state index < -0.39 is 5.91 Å². The summed E-state index contributed by atoms with van der Waals surface area (Å²) >= 11 is 5.90. The van der Waals surface area contributed by atoms with Crippen LogP contribution in [0.4, 0.5) is 0 Å². The second-order valence-electron chi connectivity index (χ2n) is 6.56. The average Bonchev–Trinajstić information content (AvgIpc) is 2.83. The van der Waals surface area contributed by atoms with Crippen molar-refractivity contribution >= 4 is 23.7 Å². The third-order valence-electron chi connectivity index (χ3n) is 4.33. The van der Waals surface area contributed by atoms with Crippen molar-refractivity contribution < 1.29 is 23.7 Å². The number of hydrogen-bond acceptors (Lipinski definition) is 6. The Morgan fingerprint density at radius 3 is 2.31 bits per heavy atom. The number of carbonyl (C=O) groups is 1. The highest BCUT2D eigenvalue weighted by molar-refractivity contribution is 6.30. The standard InChI is InChI=1S/C24H23ClN2O5/c1-29-20-5-3-4-6-21(20)32-16-24(28)27-26-14-18-9-12-22(23(13-18)30-2)31-15-17-7-10-19(25)11-8-17/h3-14H,15-16H2,1-2H3,(H,27,28)/b26-14+.